The van der Waals surface area contributed by atoms with Crippen LogP contribution >= 0.6 is 23.7 Å². The Morgan fingerprint density at radius 1 is 1.12 bits per heavy atom. The van der Waals surface area contributed by atoms with E-state index in [2.05, 4.69) is 10.2 Å². The number of hydrogen-bond donors (Lipinski definition) is 2. The molecule has 1 saturated heterocycles. The highest BCUT2D eigenvalue weighted by atomic mass is 35.5. The topological polar surface area (TPSA) is 122 Å². The van der Waals surface area contributed by atoms with E-state index in [-0.39, 0.29) is 17.3 Å². The molecule has 3 heterocycles. The number of likely N-dealkylation sites (N-methyl/N-ethyl adjacent to an activating group) is 1. The van der Waals surface area contributed by atoms with Crippen LogP contribution in [0.5, 0.6) is 0 Å². The Balaban J connectivity index is 0.00000289. The molecule has 0 atom stereocenters. The number of nitrogens with two attached hydrogens (primary N) is 1. The Morgan fingerprint density at radius 2 is 1.78 bits per heavy atom. The molecule has 1 aromatic carbocycles. The van der Waals surface area contributed by atoms with Crippen molar-refractivity contribution in [1.82, 2.24) is 9.21 Å². The number of fused-ring (bicyclic) bond motifs is 1. The Kier molecular flexibility index (Phi) is 7.58. The number of carbonyl (C=O) groups is 2. The molecule has 3 N–H and O–H groups in total. The van der Waals surface area contributed by atoms with E-state index in [0.29, 0.717) is 55.4 Å². The molecule has 0 bridgehead atoms. The van der Waals surface area contributed by atoms with Gasteiger partial charge in [-0.25, -0.2) is 8.42 Å². The molecule has 2 aromatic rings. The quantitative estimate of drug-likeness (QED) is 0.642. The van der Waals surface area contributed by atoms with Crippen molar-refractivity contribution < 1.29 is 22.7 Å². The molecule has 1 aromatic heterocycles. The summed E-state index contributed by atoms with van der Waals surface area (Å²) in [5.74, 6) is -0.992. The van der Waals surface area contributed by atoms with Gasteiger partial charge >= 0.3 is 0 Å². The van der Waals surface area contributed by atoms with E-state index in [1.165, 1.54) is 39.9 Å². The Labute approximate surface area is 197 Å². The van der Waals surface area contributed by atoms with Crippen LogP contribution in [0.4, 0.5) is 5.00 Å². The molecule has 0 aliphatic carbocycles. The summed E-state index contributed by atoms with van der Waals surface area (Å²) in [6.07, 6.45) is 0.699. The zero-order valence-corrected chi connectivity index (χ0v) is 19.9. The Bertz CT molecular complexity index is 1110. The van der Waals surface area contributed by atoms with Gasteiger partial charge in [-0.15, -0.1) is 23.7 Å². The zero-order valence-electron chi connectivity index (χ0n) is 17.5. The van der Waals surface area contributed by atoms with Gasteiger partial charge in [0.05, 0.1) is 23.7 Å². The highest BCUT2D eigenvalue weighted by Crippen LogP contribution is 2.36. The third kappa shape index (κ3) is 4.82. The number of halogens is 1. The normalized spacial score (nSPS) is 17.3. The van der Waals surface area contributed by atoms with Gasteiger partial charge in [0, 0.05) is 36.6 Å². The van der Waals surface area contributed by atoms with Gasteiger partial charge in [0.2, 0.25) is 10.0 Å². The molecule has 32 heavy (non-hydrogen) atoms. The maximum Gasteiger partial charge on any atom is 0.256 e. The van der Waals surface area contributed by atoms with Crippen LogP contribution in [0.3, 0.4) is 0 Å². The number of thiophene rings is 1. The molecule has 12 heteroatoms. The Morgan fingerprint density at radius 3 is 2.41 bits per heavy atom. The lowest BCUT2D eigenvalue weighted by atomic mass is 10.0. The average Bonchev–Trinajstić information content (AvgIpc) is 3.11. The lowest BCUT2D eigenvalue weighted by Gasteiger charge is -2.26. The molecule has 1 fully saturated rings. The summed E-state index contributed by atoms with van der Waals surface area (Å²) in [6, 6.07) is 5.77. The van der Waals surface area contributed by atoms with Crippen molar-refractivity contribution in [3.05, 3.63) is 45.8 Å². The van der Waals surface area contributed by atoms with Gasteiger partial charge in [-0.3, -0.25) is 9.59 Å². The third-order valence-corrected chi connectivity index (χ3v) is 8.49. The van der Waals surface area contributed by atoms with E-state index in [4.69, 9.17) is 10.5 Å². The van der Waals surface area contributed by atoms with Crippen molar-refractivity contribution in [1.29, 1.82) is 0 Å². The number of ether oxygens (including phenoxy) is 1. The second-order valence-electron chi connectivity index (χ2n) is 7.55. The average molecular weight is 501 g/mol. The van der Waals surface area contributed by atoms with Crippen LogP contribution in [0.2, 0.25) is 0 Å². The largest absolute Gasteiger partial charge is 0.379 e. The number of anilines is 1. The number of nitrogens with one attached hydrogen (secondary N) is 1. The maximum atomic E-state index is 12.8. The summed E-state index contributed by atoms with van der Waals surface area (Å²) in [5.41, 5.74) is 7.15. The van der Waals surface area contributed by atoms with Crippen LogP contribution in [0.25, 0.3) is 0 Å². The first-order valence-corrected chi connectivity index (χ1v) is 12.1. The van der Waals surface area contributed by atoms with Crippen molar-refractivity contribution >= 4 is 50.6 Å². The molecule has 0 spiro atoms. The van der Waals surface area contributed by atoms with E-state index in [9.17, 15) is 18.0 Å². The molecule has 2 aliphatic heterocycles. The standard InChI is InChI=1S/C20H24N4O5S2.ClH/c1-23-7-6-15-16(12-23)30-20(17(15)18(21)25)22-19(26)13-2-4-14(5-3-13)31(27,28)24-8-10-29-11-9-24;/h2-5H,6-12H2,1H3,(H2,21,25)(H,22,26);1H. The number of amides is 2. The van der Waals surface area contributed by atoms with Crippen LogP contribution in [0.15, 0.2) is 29.2 Å². The monoisotopic (exact) mass is 500 g/mol. The predicted molar refractivity (Wildman–Crippen MR) is 124 cm³/mol. The SMILES string of the molecule is CN1CCc2c(sc(NC(=O)c3ccc(S(=O)(=O)N4CCOCC4)cc3)c2C(N)=O)C1.Cl. The summed E-state index contributed by atoms with van der Waals surface area (Å²) >= 11 is 1.35. The van der Waals surface area contributed by atoms with Gasteiger partial charge < -0.3 is 20.7 Å². The maximum absolute atomic E-state index is 12.8. The first kappa shape index (κ1) is 24.6. The molecule has 0 saturated carbocycles. The minimum absolute atomic E-state index is 0. The van der Waals surface area contributed by atoms with Crippen molar-refractivity contribution in [3.63, 3.8) is 0 Å². The fourth-order valence-electron chi connectivity index (χ4n) is 3.77. The highest BCUT2D eigenvalue weighted by molar-refractivity contribution is 7.89. The number of carbonyl (C=O) groups excluding carboxylic acids is 2. The predicted octanol–water partition coefficient (Wildman–Crippen LogP) is 1.53. The van der Waals surface area contributed by atoms with E-state index < -0.39 is 21.8 Å². The minimum atomic E-state index is -3.63. The van der Waals surface area contributed by atoms with Gasteiger partial charge in [-0.05, 0) is 43.3 Å². The number of primary amides is 1. The summed E-state index contributed by atoms with van der Waals surface area (Å²) < 4.78 is 32.0. The lowest BCUT2D eigenvalue weighted by molar-refractivity contribution is 0.0730. The van der Waals surface area contributed by atoms with Gasteiger partial charge in [-0.2, -0.15) is 4.31 Å². The number of rotatable bonds is 5. The Hall–Kier alpha value is -2.02. The number of morpholine rings is 1. The van der Waals surface area contributed by atoms with Gasteiger partial charge in [-0.1, -0.05) is 0 Å². The van der Waals surface area contributed by atoms with Crippen LogP contribution in [-0.4, -0.2) is 69.3 Å². The van der Waals surface area contributed by atoms with Crippen LogP contribution in [-0.2, 0) is 27.7 Å². The summed E-state index contributed by atoms with van der Waals surface area (Å²) in [6.45, 7) is 2.85. The van der Waals surface area contributed by atoms with Crippen LogP contribution in [0, 0.1) is 0 Å². The molecular weight excluding hydrogens is 476 g/mol. The van der Waals surface area contributed by atoms with E-state index in [1.807, 2.05) is 7.05 Å². The van der Waals surface area contributed by atoms with Crippen molar-refractivity contribution in [2.75, 3.05) is 45.2 Å². The van der Waals surface area contributed by atoms with Crippen molar-refractivity contribution in [2.45, 2.75) is 17.9 Å². The van der Waals surface area contributed by atoms with E-state index in [0.717, 1.165) is 17.0 Å². The lowest BCUT2D eigenvalue weighted by Crippen LogP contribution is -2.40. The second-order valence-corrected chi connectivity index (χ2v) is 10.6. The van der Waals surface area contributed by atoms with Gasteiger partial charge in [0.1, 0.15) is 5.00 Å². The summed E-state index contributed by atoms with van der Waals surface area (Å²) in [5, 5.41) is 3.22. The first-order valence-electron chi connectivity index (χ1n) is 9.89. The molecule has 2 aliphatic rings. The van der Waals surface area contributed by atoms with Crippen molar-refractivity contribution in [3.8, 4) is 0 Å². The van der Waals surface area contributed by atoms with E-state index in [1.54, 1.807) is 0 Å². The number of sulfonamides is 1. The molecule has 0 unspecified atom stereocenters. The molecule has 9 nitrogen and oxygen atoms in total. The summed E-state index contributed by atoms with van der Waals surface area (Å²) in [7, 11) is -1.63. The second kappa shape index (κ2) is 9.86. The van der Waals surface area contributed by atoms with Gasteiger partial charge in [0.25, 0.3) is 11.8 Å². The minimum Gasteiger partial charge on any atom is -0.379 e. The fraction of sp³-hybridized carbons (Fsp3) is 0.400. The van der Waals surface area contributed by atoms with Gasteiger partial charge in [0.15, 0.2) is 0 Å². The number of benzene rings is 1. The fourth-order valence-corrected chi connectivity index (χ4v) is 6.51. The first-order chi connectivity index (χ1) is 14.8. The molecular formula is C20H25ClN4O5S2. The van der Waals surface area contributed by atoms with E-state index >= 15 is 0 Å². The smallest absolute Gasteiger partial charge is 0.256 e. The third-order valence-electron chi connectivity index (χ3n) is 5.45. The highest BCUT2D eigenvalue weighted by Gasteiger charge is 2.28. The number of nitrogens with zero attached hydrogens (tertiary/aromatic N) is 2. The number of hydrogen-bond acceptors (Lipinski definition) is 7. The van der Waals surface area contributed by atoms with Crippen LogP contribution in [0.1, 0.15) is 31.2 Å². The molecule has 174 valence electrons. The van der Waals surface area contributed by atoms with Crippen molar-refractivity contribution in [2.24, 2.45) is 5.73 Å². The molecule has 0 radical (unpaired) electrons. The summed E-state index contributed by atoms with van der Waals surface area (Å²) in [4.78, 5) is 28.1. The zero-order chi connectivity index (χ0) is 22.2. The molecule has 2 amide bonds. The molecule has 4 rings (SSSR count). The van der Waals surface area contributed by atoms with Crippen LogP contribution < -0.4 is 11.1 Å².